The fourth-order valence-electron chi connectivity index (χ4n) is 2.54. The highest BCUT2D eigenvalue weighted by atomic mass is 79.9. The molecule has 0 spiro atoms. The van der Waals surface area contributed by atoms with Gasteiger partial charge >= 0.3 is 0 Å². The van der Waals surface area contributed by atoms with Crippen molar-refractivity contribution in [2.75, 3.05) is 19.6 Å². The Bertz CT molecular complexity index is 373. The highest BCUT2D eigenvalue weighted by Gasteiger charge is 2.12. The number of benzene rings is 1. The van der Waals surface area contributed by atoms with Gasteiger partial charge in [-0.3, -0.25) is 0 Å². The zero-order valence-corrected chi connectivity index (χ0v) is 12.7. The molecule has 1 aromatic rings. The van der Waals surface area contributed by atoms with E-state index < -0.39 is 0 Å². The van der Waals surface area contributed by atoms with Crippen LogP contribution in [0.5, 0.6) is 0 Å². The molecule has 1 atom stereocenters. The van der Waals surface area contributed by atoms with Crippen LogP contribution in [0.3, 0.4) is 0 Å². The van der Waals surface area contributed by atoms with Crippen molar-refractivity contribution in [1.29, 1.82) is 0 Å². The van der Waals surface area contributed by atoms with E-state index in [2.05, 4.69) is 51.7 Å². The second-order valence-corrected chi connectivity index (χ2v) is 6.07. The molecule has 2 N–H and O–H groups in total. The Kier molecular flexibility index (Phi) is 5.67. The van der Waals surface area contributed by atoms with Crippen LogP contribution in [-0.4, -0.2) is 25.7 Å². The first kappa shape index (κ1) is 14.0. The SMILES string of the molecule is Cc1ccc(Br)cc1CCNCCC1CCCN1. The van der Waals surface area contributed by atoms with Crippen molar-refractivity contribution in [1.82, 2.24) is 10.6 Å². The molecule has 0 saturated carbocycles. The van der Waals surface area contributed by atoms with Crippen molar-refractivity contribution in [2.45, 2.75) is 38.6 Å². The highest BCUT2D eigenvalue weighted by Crippen LogP contribution is 2.16. The summed E-state index contributed by atoms with van der Waals surface area (Å²) >= 11 is 3.53. The largest absolute Gasteiger partial charge is 0.316 e. The summed E-state index contributed by atoms with van der Waals surface area (Å²) in [6.45, 7) is 5.60. The summed E-state index contributed by atoms with van der Waals surface area (Å²) < 4.78 is 1.18. The topological polar surface area (TPSA) is 24.1 Å². The standard InChI is InChI=1S/C15H23BrN2/c1-12-4-5-14(16)11-13(12)6-9-17-10-7-15-3-2-8-18-15/h4-5,11,15,17-18H,2-3,6-10H2,1H3. The first-order valence-electron chi connectivity index (χ1n) is 6.95. The van der Waals surface area contributed by atoms with E-state index in [1.54, 1.807) is 0 Å². The number of aryl methyl sites for hydroxylation is 1. The summed E-state index contributed by atoms with van der Waals surface area (Å²) in [5, 5.41) is 7.09. The van der Waals surface area contributed by atoms with Gasteiger partial charge in [-0.1, -0.05) is 22.0 Å². The average molecular weight is 311 g/mol. The number of hydrogen-bond donors (Lipinski definition) is 2. The first-order chi connectivity index (χ1) is 8.75. The molecule has 18 heavy (non-hydrogen) atoms. The molecule has 1 fully saturated rings. The van der Waals surface area contributed by atoms with E-state index in [0.717, 1.165) is 25.6 Å². The van der Waals surface area contributed by atoms with Crippen LogP contribution in [0.15, 0.2) is 22.7 Å². The van der Waals surface area contributed by atoms with Gasteiger partial charge in [-0.2, -0.15) is 0 Å². The minimum atomic E-state index is 0.755. The Hall–Kier alpha value is -0.380. The van der Waals surface area contributed by atoms with Gasteiger partial charge in [0, 0.05) is 10.5 Å². The van der Waals surface area contributed by atoms with Gasteiger partial charge in [-0.15, -0.1) is 0 Å². The predicted octanol–water partition coefficient (Wildman–Crippen LogP) is 3.03. The Morgan fingerprint density at radius 1 is 1.39 bits per heavy atom. The van der Waals surface area contributed by atoms with Crippen LogP contribution in [0, 0.1) is 6.92 Å². The monoisotopic (exact) mass is 310 g/mol. The summed E-state index contributed by atoms with van der Waals surface area (Å²) in [5.74, 6) is 0. The maximum Gasteiger partial charge on any atom is 0.0178 e. The minimum absolute atomic E-state index is 0.755. The molecule has 3 heteroatoms. The van der Waals surface area contributed by atoms with E-state index in [4.69, 9.17) is 0 Å². The van der Waals surface area contributed by atoms with Crippen molar-refractivity contribution in [3.8, 4) is 0 Å². The third-order valence-electron chi connectivity index (χ3n) is 3.71. The van der Waals surface area contributed by atoms with Crippen molar-refractivity contribution < 1.29 is 0 Å². The summed E-state index contributed by atoms with van der Waals surface area (Å²) in [5.41, 5.74) is 2.83. The molecule has 1 aliphatic rings. The van der Waals surface area contributed by atoms with Crippen molar-refractivity contribution >= 4 is 15.9 Å². The fourth-order valence-corrected chi connectivity index (χ4v) is 2.95. The number of halogens is 1. The van der Waals surface area contributed by atoms with Crippen molar-refractivity contribution in [3.63, 3.8) is 0 Å². The molecule has 0 bridgehead atoms. The summed E-state index contributed by atoms with van der Waals surface area (Å²) in [4.78, 5) is 0. The summed E-state index contributed by atoms with van der Waals surface area (Å²) in [7, 11) is 0. The van der Waals surface area contributed by atoms with Crippen LogP contribution in [0.4, 0.5) is 0 Å². The molecular formula is C15H23BrN2. The van der Waals surface area contributed by atoms with Gasteiger partial charge in [0.25, 0.3) is 0 Å². The first-order valence-corrected chi connectivity index (χ1v) is 7.74. The smallest absolute Gasteiger partial charge is 0.0178 e. The molecule has 0 radical (unpaired) electrons. The van der Waals surface area contributed by atoms with Gasteiger partial charge in [0.2, 0.25) is 0 Å². The van der Waals surface area contributed by atoms with Gasteiger partial charge < -0.3 is 10.6 Å². The van der Waals surface area contributed by atoms with E-state index >= 15 is 0 Å². The molecule has 1 saturated heterocycles. The van der Waals surface area contributed by atoms with Gasteiger partial charge in [0.05, 0.1) is 0 Å². The predicted molar refractivity (Wildman–Crippen MR) is 81.1 cm³/mol. The molecule has 0 aromatic heterocycles. The molecule has 2 rings (SSSR count). The molecule has 1 heterocycles. The Morgan fingerprint density at radius 3 is 3.06 bits per heavy atom. The summed E-state index contributed by atoms with van der Waals surface area (Å²) in [6, 6.07) is 7.28. The van der Waals surface area contributed by atoms with Gasteiger partial charge in [-0.25, -0.2) is 0 Å². The zero-order chi connectivity index (χ0) is 12.8. The zero-order valence-electron chi connectivity index (χ0n) is 11.1. The quantitative estimate of drug-likeness (QED) is 0.789. The molecule has 1 aliphatic heterocycles. The lowest BCUT2D eigenvalue weighted by Gasteiger charge is -2.11. The van der Waals surface area contributed by atoms with Gasteiger partial charge in [-0.05, 0) is 75.5 Å². The molecule has 0 aliphatic carbocycles. The highest BCUT2D eigenvalue weighted by molar-refractivity contribution is 9.10. The lowest BCUT2D eigenvalue weighted by atomic mass is 10.1. The van der Waals surface area contributed by atoms with Gasteiger partial charge in [0.15, 0.2) is 0 Å². The second kappa shape index (κ2) is 7.27. The molecular weight excluding hydrogens is 288 g/mol. The van der Waals surface area contributed by atoms with Crippen LogP contribution in [0.2, 0.25) is 0 Å². The van der Waals surface area contributed by atoms with Crippen LogP contribution in [-0.2, 0) is 6.42 Å². The van der Waals surface area contributed by atoms with Crippen LogP contribution in [0.1, 0.15) is 30.4 Å². The molecule has 0 amide bonds. The van der Waals surface area contributed by atoms with E-state index in [9.17, 15) is 0 Å². The minimum Gasteiger partial charge on any atom is -0.316 e. The average Bonchev–Trinajstić information content (AvgIpc) is 2.86. The maximum atomic E-state index is 3.55. The van der Waals surface area contributed by atoms with E-state index in [1.807, 2.05) is 0 Å². The van der Waals surface area contributed by atoms with E-state index in [-0.39, 0.29) is 0 Å². The van der Waals surface area contributed by atoms with Crippen molar-refractivity contribution in [3.05, 3.63) is 33.8 Å². The Labute approximate surface area is 119 Å². The molecule has 1 aromatic carbocycles. The normalized spacial score (nSPS) is 19.3. The third kappa shape index (κ3) is 4.38. The fraction of sp³-hybridized carbons (Fsp3) is 0.600. The van der Waals surface area contributed by atoms with Crippen LogP contribution < -0.4 is 10.6 Å². The van der Waals surface area contributed by atoms with Crippen LogP contribution in [0.25, 0.3) is 0 Å². The number of hydrogen-bond acceptors (Lipinski definition) is 2. The maximum absolute atomic E-state index is 3.55. The number of rotatable bonds is 6. The molecule has 100 valence electrons. The molecule has 1 unspecified atom stereocenters. The lowest BCUT2D eigenvalue weighted by molar-refractivity contribution is 0.525. The Morgan fingerprint density at radius 2 is 2.28 bits per heavy atom. The number of nitrogens with one attached hydrogen (secondary N) is 2. The Balaban J connectivity index is 1.64. The van der Waals surface area contributed by atoms with E-state index in [0.29, 0.717) is 0 Å². The van der Waals surface area contributed by atoms with E-state index in [1.165, 1.54) is 41.4 Å². The summed E-state index contributed by atoms with van der Waals surface area (Å²) in [6.07, 6.45) is 5.08. The third-order valence-corrected chi connectivity index (χ3v) is 4.21. The van der Waals surface area contributed by atoms with Crippen molar-refractivity contribution in [2.24, 2.45) is 0 Å². The van der Waals surface area contributed by atoms with Gasteiger partial charge in [0.1, 0.15) is 0 Å². The second-order valence-electron chi connectivity index (χ2n) is 5.15. The van der Waals surface area contributed by atoms with Crippen LogP contribution >= 0.6 is 15.9 Å². The molecule has 2 nitrogen and oxygen atoms in total. The lowest BCUT2D eigenvalue weighted by Crippen LogP contribution is -2.28.